The third-order valence-electron chi connectivity index (χ3n) is 3.84. The van der Waals surface area contributed by atoms with E-state index >= 15 is 0 Å². The molecule has 0 aliphatic carbocycles. The van der Waals surface area contributed by atoms with Gasteiger partial charge in [0.15, 0.2) is 0 Å². The van der Waals surface area contributed by atoms with Crippen molar-refractivity contribution in [1.29, 1.82) is 0 Å². The molecule has 0 aromatic heterocycles. The molecule has 0 spiro atoms. The van der Waals surface area contributed by atoms with E-state index in [1.54, 1.807) is 0 Å². The molecule has 0 fully saturated rings. The number of nitrogens with zero attached hydrogens (tertiary/aromatic N) is 2. The standard InChI is InChI=1S/C15H26N2O3.Na/c1-5-7-8-9-17-13(19)15(6-2,10-11(3)4)12(18)16-14(17)20;/h11H,5-10H2,1-4H3,(H,16,18,20);/q;+1/p-1. The average Bonchev–Trinajstić information content (AvgIpc) is 2.38. The minimum absolute atomic E-state index is 0. The van der Waals surface area contributed by atoms with E-state index in [0.29, 0.717) is 19.4 Å². The zero-order valence-corrected chi connectivity index (χ0v) is 15.9. The van der Waals surface area contributed by atoms with Gasteiger partial charge in [-0.3, -0.25) is 9.59 Å². The molecule has 5 nitrogen and oxygen atoms in total. The van der Waals surface area contributed by atoms with Crippen LogP contribution in [0.25, 0.3) is 0 Å². The minimum Gasteiger partial charge on any atom is -0.846 e. The number of carbonyl (C=O) groups is 2. The largest absolute Gasteiger partial charge is 1.00 e. The average molecular weight is 304 g/mol. The second-order valence-corrected chi connectivity index (χ2v) is 5.90. The Hall–Kier alpha value is -0.390. The summed E-state index contributed by atoms with van der Waals surface area (Å²) in [6.45, 7) is 8.17. The van der Waals surface area contributed by atoms with Crippen molar-refractivity contribution in [3.63, 3.8) is 0 Å². The van der Waals surface area contributed by atoms with Crippen LogP contribution in [-0.2, 0) is 9.59 Å². The first-order valence-corrected chi connectivity index (χ1v) is 7.51. The van der Waals surface area contributed by atoms with Crippen LogP contribution in [0.3, 0.4) is 0 Å². The summed E-state index contributed by atoms with van der Waals surface area (Å²) in [4.78, 5) is 29.6. The Morgan fingerprint density at radius 2 is 1.86 bits per heavy atom. The van der Waals surface area contributed by atoms with E-state index < -0.39 is 17.3 Å². The van der Waals surface area contributed by atoms with Crippen LogP contribution in [0.1, 0.15) is 59.8 Å². The molecule has 1 atom stereocenters. The first-order valence-electron chi connectivity index (χ1n) is 7.51. The van der Waals surface area contributed by atoms with Crippen LogP contribution in [-0.4, -0.2) is 29.3 Å². The van der Waals surface area contributed by atoms with Gasteiger partial charge in [-0.2, -0.15) is 0 Å². The maximum absolute atomic E-state index is 12.7. The summed E-state index contributed by atoms with van der Waals surface area (Å²) in [5.74, 6) is -0.714. The molecule has 1 rings (SSSR count). The van der Waals surface area contributed by atoms with Gasteiger partial charge >= 0.3 is 29.6 Å². The van der Waals surface area contributed by atoms with Gasteiger partial charge in [-0.15, -0.1) is 0 Å². The van der Waals surface area contributed by atoms with Crippen molar-refractivity contribution >= 4 is 17.8 Å². The number of amides is 2. The van der Waals surface area contributed by atoms with Crippen molar-refractivity contribution in [2.75, 3.05) is 6.54 Å². The molecule has 2 amide bonds. The summed E-state index contributed by atoms with van der Waals surface area (Å²) >= 11 is 0. The maximum Gasteiger partial charge on any atom is 1.00 e. The van der Waals surface area contributed by atoms with Crippen LogP contribution >= 0.6 is 0 Å². The van der Waals surface area contributed by atoms with E-state index in [9.17, 15) is 14.7 Å². The number of aliphatic imine (C=N–C) groups is 1. The van der Waals surface area contributed by atoms with Crippen LogP contribution in [0, 0.1) is 11.3 Å². The predicted octanol–water partition coefficient (Wildman–Crippen LogP) is -1.29. The monoisotopic (exact) mass is 304 g/mol. The number of rotatable bonds is 7. The van der Waals surface area contributed by atoms with Gasteiger partial charge in [0.2, 0.25) is 5.91 Å². The van der Waals surface area contributed by atoms with Crippen molar-refractivity contribution < 1.29 is 44.3 Å². The summed E-state index contributed by atoms with van der Waals surface area (Å²) in [5, 5.41) is 11.8. The summed E-state index contributed by atoms with van der Waals surface area (Å²) in [6, 6.07) is -0.691. The van der Waals surface area contributed by atoms with Gasteiger partial charge in [0.25, 0.3) is 5.91 Å². The number of carbonyl (C=O) groups excluding carboxylic acids is 2. The zero-order valence-electron chi connectivity index (χ0n) is 13.9. The van der Waals surface area contributed by atoms with Gasteiger partial charge in [0.05, 0.1) is 6.02 Å². The van der Waals surface area contributed by atoms with Gasteiger partial charge in [-0.1, -0.05) is 40.5 Å². The molecule has 1 heterocycles. The molecular weight excluding hydrogens is 279 g/mol. The second kappa shape index (κ2) is 8.91. The molecule has 114 valence electrons. The number of hydrogen-bond donors (Lipinski definition) is 0. The third kappa shape index (κ3) is 4.54. The first-order chi connectivity index (χ1) is 9.39. The molecule has 1 aliphatic heterocycles. The Morgan fingerprint density at radius 1 is 1.24 bits per heavy atom. The molecule has 0 bridgehead atoms. The van der Waals surface area contributed by atoms with Crippen molar-refractivity contribution in [1.82, 2.24) is 4.90 Å². The van der Waals surface area contributed by atoms with Crippen LogP contribution < -0.4 is 34.7 Å². The van der Waals surface area contributed by atoms with Crippen LogP contribution in [0.4, 0.5) is 0 Å². The Bertz CT molecular complexity index is 410. The van der Waals surface area contributed by atoms with Gasteiger partial charge in [0.1, 0.15) is 5.41 Å². The fraction of sp³-hybridized carbons (Fsp3) is 0.800. The Morgan fingerprint density at radius 3 is 2.33 bits per heavy atom. The van der Waals surface area contributed by atoms with E-state index in [4.69, 9.17) is 0 Å². The summed E-state index contributed by atoms with van der Waals surface area (Å²) in [5.41, 5.74) is -1.13. The quantitative estimate of drug-likeness (QED) is 0.334. The first kappa shape index (κ1) is 20.6. The molecule has 0 saturated heterocycles. The molecule has 0 aromatic carbocycles. The summed E-state index contributed by atoms with van der Waals surface area (Å²) in [6.07, 6.45) is 3.57. The molecule has 0 aromatic rings. The van der Waals surface area contributed by atoms with Gasteiger partial charge in [0, 0.05) is 6.54 Å². The molecule has 1 unspecified atom stereocenters. The third-order valence-corrected chi connectivity index (χ3v) is 3.84. The van der Waals surface area contributed by atoms with Crippen molar-refractivity contribution in [2.24, 2.45) is 16.3 Å². The van der Waals surface area contributed by atoms with E-state index in [2.05, 4.69) is 11.9 Å². The fourth-order valence-electron chi connectivity index (χ4n) is 2.73. The predicted molar refractivity (Wildman–Crippen MR) is 75.9 cm³/mol. The fourth-order valence-corrected chi connectivity index (χ4v) is 2.73. The van der Waals surface area contributed by atoms with E-state index in [1.165, 1.54) is 4.90 Å². The van der Waals surface area contributed by atoms with Gasteiger partial charge in [-0.05, 0) is 25.2 Å². The van der Waals surface area contributed by atoms with Crippen molar-refractivity contribution in [3.05, 3.63) is 0 Å². The summed E-state index contributed by atoms with van der Waals surface area (Å²) in [7, 11) is 0. The smallest absolute Gasteiger partial charge is 0.846 e. The Kier molecular flexibility index (Phi) is 8.74. The zero-order chi connectivity index (χ0) is 15.3. The van der Waals surface area contributed by atoms with Crippen LogP contribution in [0.5, 0.6) is 0 Å². The number of hydrogen-bond acceptors (Lipinski definition) is 3. The van der Waals surface area contributed by atoms with Crippen molar-refractivity contribution in [2.45, 2.75) is 59.8 Å². The van der Waals surface area contributed by atoms with Crippen molar-refractivity contribution in [3.8, 4) is 0 Å². The van der Waals surface area contributed by atoms with Gasteiger partial charge in [-0.25, -0.2) is 4.99 Å². The van der Waals surface area contributed by atoms with E-state index in [1.807, 2.05) is 20.8 Å². The summed E-state index contributed by atoms with van der Waals surface area (Å²) < 4.78 is 0. The second-order valence-electron chi connectivity index (χ2n) is 5.90. The molecule has 21 heavy (non-hydrogen) atoms. The van der Waals surface area contributed by atoms with E-state index in [0.717, 1.165) is 19.3 Å². The van der Waals surface area contributed by atoms with Crippen LogP contribution in [0.15, 0.2) is 4.99 Å². The molecule has 0 N–H and O–H groups in total. The Balaban J connectivity index is 0.00000400. The molecule has 1 aliphatic rings. The molecule has 0 saturated carbocycles. The van der Waals surface area contributed by atoms with E-state index in [-0.39, 0.29) is 41.4 Å². The number of unbranched alkanes of at least 4 members (excludes halogenated alkanes) is 2. The van der Waals surface area contributed by atoms with Crippen LogP contribution in [0.2, 0.25) is 0 Å². The molecule has 0 radical (unpaired) electrons. The molecule has 6 heteroatoms. The normalized spacial score (nSPS) is 22.3. The molecular formula is C15H25N2NaO3. The Labute approximate surface area is 149 Å². The SMILES string of the molecule is CCCCCN1C(=O)C(CC)(CC(C)C)C(=O)N=C1[O-].[Na+]. The van der Waals surface area contributed by atoms with Gasteiger partial charge < -0.3 is 10.0 Å². The topological polar surface area (TPSA) is 72.8 Å². The number of amidine groups is 1. The maximum atomic E-state index is 12.7. The minimum atomic E-state index is -1.13.